The van der Waals surface area contributed by atoms with E-state index in [1.807, 2.05) is 13.0 Å². The van der Waals surface area contributed by atoms with Crippen LogP contribution in [0.15, 0.2) is 49.3 Å². The molecule has 2 saturated carbocycles. The Labute approximate surface area is 360 Å². The van der Waals surface area contributed by atoms with Crippen LogP contribution in [0.2, 0.25) is 0 Å². The molecule has 61 heavy (non-hydrogen) atoms. The molecule has 2 fully saturated rings. The highest BCUT2D eigenvalue weighted by molar-refractivity contribution is 6.61. The van der Waals surface area contributed by atoms with Gasteiger partial charge in [-0.25, -0.2) is 29.5 Å². The highest BCUT2D eigenvalue weighted by Gasteiger charge is 2.43. The summed E-state index contributed by atoms with van der Waals surface area (Å²) in [7, 11) is 6.10. The summed E-state index contributed by atoms with van der Waals surface area (Å²) in [5.41, 5.74) is 9.18. The Bertz CT molecular complexity index is 2220. The first-order valence-electron chi connectivity index (χ1n) is 20.5. The Balaban J connectivity index is 0.000000185. The van der Waals surface area contributed by atoms with Gasteiger partial charge < -0.3 is 34.8 Å². The average molecular weight is 857 g/mol. The number of carbonyl (C=O) groups is 4. The molecular weight excluding hydrogens is 804 g/mol. The van der Waals surface area contributed by atoms with Crippen LogP contribution >= 0.6 is 11.6 Å². The number of hydrogen-bond donors (Lipinski definition) is 2. The van der Waals surface area contributed by atoms with E-state index in [9.17, 15) is 19.2 Å². The molecule has 0 radical (unpaired) electrons. The fraction of sp³-hybridized carbons (Fsp3) is 0.476. The van der Waals surface area contributed by atoms with Crippen molar-refractivity contribution >= 4 is 69.3 Å². The SMILES string of the molecule is CC[C@@H]1C(=O)N(C)c2cnc(-c3ccncc3N)nc2N1C1CCCC1.CC[C@@H]1C(=O)N(C)c2cnc(-c3ccncc3NC(=O)OC)nc2N1C1CCCC1.COC(=O)Cl. The lowest BCUT2D eigenvalue weighted by atomic mass is 10.0. The molecule has 2 aliphatic carbocycles. The Kier molecular flexibility index (Phi) is 14.5. The molecule has 0 bridgehead atoms. The molecule has 19 heteroatoms. The number of carbonyl (C=O) groups excluding carboxylic acids is 4. The molecule has 18 nitrogen and oxygen atoms in total. The van der Waals surface area contributed by atoms with E-state index in [-0.39, 0.29) is 23.9 Å². The predicted octanol–water partition coefficient (Wildman–Crippen LogP) is 6.84. The van der Waals surface area contributed by atoms with E-state index >= 15 is 0 Å². The van der Waals surface area contributed by atoms with Crippen molar-refractivity contribution in [1.82, 2.24) is 29.9 Å². The monoisotopic (exact) mass is 856 g/mol. The zero-order valence-electron chi connectivity index (χ0n) is 35.4. The third kappa shape index (κ3) is 9.43. The number of nitrogens with one attached hydrogen (secondary N) is 1. The number of methoxy groups -OCH3 is 2. The van der Waals surface area contributed by atoms with Crippen LogP contribution < -0.4 is 30.7 Å². The van der Waals surface area contributed by atoms with Crippen LogP contribution in [0.25, 0.3) is 22.8 Å². The lowest BCUT2D eigenvalue weighted by Crippen LogP contribution is -2.55. The van der Waals surface area contributed by atoms with Crippen molar-refractivity contribution in [3.05, 3.63) is 49.3 Å². The molecule has 4 aromatic rings. The minimum Gasteiger partial charge on any atom is -0.457 e. The van der Waals surface area contributed by atoms with Crippen molar-refractivity contribution in [2.45, 2.75) is 102 Å². The highest BCUT2D eigenvalue weighted by atomic mass is 35.5. The summed E-state index contributed by atoms with van der Waals surface area (Å²) in [6, 6.07) is 3.81. The topological polar surface area (TPSA) is 215 Å². The molecule has 2 aliphatic heterocycles. The number of hydrogen-bond acceptors (Lipinski definition) is 15. The van der Waals surface area contributed by atoms with Crippen LogP contribution in [0.5, 0.6) is 0 Å². The number of nitrogens with zero attached hydrogens (tertiary/aromatic N) is 10. The fourth-order valence-corrected chi connectivity index (χ4v) is 8.49. The normalized spacial score (nSPS) is 18.7. The van der Waals surface area contributed by atoms with Gasteiger partial charge in [0.05, 0.1) is 50.4 Å². The molecule has 324 valence electrons. The van der Waals surface area contributed by atoms with E-state index in [1.165, 1.54) is 33.3 Å². The van der Waals surface area contributed by atoms with Crippen LogP contribution in [-0.4, -0.2) is 106 Å². The Morgan fingerprint density at radius 1 is 0.738 bits per heavy atom. The van der Waals surface area contributed by atoms with Crippen molar-refractivity contribution in [2.24, 2.45) is 0 Å². The van der Waals surface area contributed by atoms with Crippen molar-refractivity contribution in [2.75, 3.05) is 59.0 Å². The second-order valence-electron chi connectivity index (χ2n) is 15.1. The van der Waals surface area contributed by atoms with Gasteiger partial charge in [0.2, 0.25) is 11.8 Å². The van der Waals surface area contributed by atoms with E-state index in [0.717, 1.165) is 67.8 Å². The number of fused-ring (bicyclic) bond motifs is 2. The van der Waals surface area contributed by atoms with Crippen LogP contribution in [0.1, 0.15) is 78.1 Å². The summed E-state index contributed by atoms with van der Waals surface area (Å²) in [5.74, 6) is 2.83. The van der Waals surface area contributed by atoms with Gasteiger partial charge in [-0.15, -0.1) is 0 Å². The first-order valence-corrected chi connectivity index (χ1v) is 20.9. The van der Waals surface area contributed by atoms with Gasteiger partial charge in [0.25, 0.3) is 0 Å². The van der Waals surface area contributed by atoms with Gasteiger partial charge in [-0.1, -0.05) is 39.5 Å². The van der Waals surface area contributed by atoms with Gasteiger partial charge in [0.15, 0.2) is 23.3 Å². The third-order valence-corrected chi connectivity index (χ3v) is 11.7. The number of aromatic nitrogens is 6. The van der Waals surface area contributed by atoms with Crippen LogP contribution in [0, 0.1) is 0 Å². The second kappa shape index (κ2) is 19.9. The van der Waals surface area contributed by atoms with Crippen molar-refractivity contribution in [3.8, 4) is 22.8 Å². The van der Waals surface area contributed by atoms with Gasteiger partial charge in [-0.05, 0) is 50.7 Å². The smallest absolute Gasteiger partial charge is 0.411 e. The first kappa shape index (κ1) is 44.4. The zero-order valence-corrected chi connectivity index (χ0v) is 36.1. The molecule has 0 spiro atoms. The molecule has 6 heterocycles. The number of ether oxygens (including phenoxy) is 2. The van der Waals surface area contributed by atoms with Crippen LogP contribution in [0.4, 0.5) is 44.0 Å². The molecule has 0 aromatic carbocycles. The number of nitrogen functional groups attached to an aromatic ring is 1. The number of anilines is 6. The van der Waals surface area contributed by atoms with Gasteiger partial charge in [0.1, 0.15) is 23.5 Å². The average Bonchev–Trinajstić information content (AvgIpc) is 4.02. The molecule has 4 aromatic heterocycles. The molecule has 3 N–H and O–H groups in total. The van der Waals surface area contributed by atoms with Gasteiger partial charge in [0, 0.05) is 61.3 Å². The zero-order chi connectivity index (χ0) is 43.8. The summed E-state index contributed by atoms with van der Waals surface area (Å²) < 4.78 is 8.58. The Hall–Kier alpha value is -6.17. The largest absolute Gasteiger partial charge is 0.457 e. The van der Waals surface area contributed by atoms with E-state index in [1.54, 1.807) is 60.9 Å². The Morgan fingerprint density at radius 2 is 1.18 bits per heavy atom. The standard InChI is InChI=1S/C21H26N6O3.C19H24N6O.C2H3ClO2/c1-4-16-20(28)26(2)17-12-23-18(25-19(17)27(16)13-7-5-6-8-13)14-9-10-22-11-15(14)24-21(29)30-3;1-3-15-19(26)24(2)16-11-22-17(13-8-9-21-10-14(13)20)23-18(16)25(15)12-6-4-5-7-12;1-5-2(3)4/h9-13,16H,4-8H2,1-3H3,(H,24,29);8-12,15H,3-7,20H2,1-2H3;1H3/t16-;15-;/m11./s1. The van der Waals surface area contributed by atoms with Crippen LogP contribution in [-0.2, 0) is 19.1 Å². The summed E-state index contributed by atoms with van der Waals surface area (Å²) in [5, 5.41) is 2.66. The lowest BCUT2D eigenvalue weighted by molar-refractivity contribution is -0.120. The minimum absolute atomic E-state index is 0.0743. The number of halogens is 1. The molecule has 8 rings (SSSR count). The fourth-order valence-electron chi connectivity index (χ4n) is 8.49. The second-order valence-corrected chi connectivity index (χ2v) is 15.4. The maximum absolute atomic E-state index is 13.0. The molecule has 4 aliphatic rings. The van der Waals surface area contributed by atoms with E-state index in [0.29, 0.717) is 52.8 Å². The molecule has 0 saturated heterocycles. The maximum Gasteiger partial charge on any atom is 0.411 e. The number of amides is 3. The molecule has 0 unspecified atom stereocenters. The molecule has 2 atom stereocenters. The van der Waals surface area contributed by atoms with Gasteiger partial charge in [-0.3, -0.25) is 24.9 Å². The van der Waals surface area contributed by atoms with Gasteiger partial charge >= 0.3 is 11.5 Å². The van der Waals surface area contributed by atoms with Crippen molar-refractivity contribution in [1.29, 1.82) is 0 Å². The summed E-state index contributed by atoms with van der Waals surface area (Å²) >= 11 is 4.60. The minimum atomic E-state index is -0.773. The quantitative estimate of drug-likeness (QED) is 0.182. The molecular formula is C42H53ClN12O6. The number of nitrogens with two attached hydrogens (primary N) is 1. The van der Waals surface area contributed by atoms with Gasteiger partial charge in [-0.2, -0.15) is 0 Å². The first-order chi connectivity index (χ1) is 29.4. The van der Waals surface area contributed by atoms with E-state index < -0.39 is 11.5 Å². The van der Waals surface area contributed by atoms with Crippen LogP contribution in [0.3, 0.4) is 0 Å². The summed E-state index contributed by atoms with van der Waals surface area (Å²) in [4.78, 5) is 81.6. The maximum atomic E-state index is 13.0. The predicted molar refractivity (Wildman–Crippen MR) is 234 cm³/mol. The Morgan fingerprint density at radius 3 is 1.61 bits per heavy atom. The van der Waals surface area contributed by atoms with Crippen molar-refractivity contribution < 1.29 is 28.7 Å². The highest BCUT2D eigenvalue weighted by Crippen LogP contribution is 2.42. The number of pyridine rings is 2. The summed E-state index contributed by atoms with van der Waals surface area (Å²) in [6.07, 6.45) is 19.8. The number of likely N-dealkylation sites (N-methyl/N-ethyl adjacent to an activating group) is 2. The van der Waals surface area contributed by atoms with Crippen molar-refractivity contribution in [3.63, 3.8) is 0 Å². The molecule has 3 amide bonds. The third-order valence-electron chi connectivity index (χ3n) is 11.6. The van der Waals surface area contributed by atoms with E-state index in [4.69, 9.17) is 20.4 Å². The van der Waals surface area contributed by atoms with E-state index in [2.05, 4.69) is 58.3 Å². The lowest BCUT2D eigenvalue weighted by Gasteiger charge is -2.43. The summed E-state index contributed by atoms with van der Waals surface area (Å²) in [6.45, 7) is 4.10. The number of rotatable bonds is 7.